The van der Waals surface area contributed by atoms with Crippen molar-refractivity contribution in [2.75, 3.05) is 5.32 Å². The van der Waals surface area contributed by atoms with Crippen molar-refractivity contribution >= 4 is 19.3 Å². The Morgan fingerprint density at radius 2 is 2.11 bits per heavy atom. The molecule has 0 saturated carbocycles. The van der Waals surface area contributed by atoms with E-state index in [0.29, 0.717) is 5.56 Å². The minimum absolute atomic E-state index is 0.181. The summed E-state index contributed by atoms with van der Waals surface area (Å²) in [6, 6.07) is 0. The molecule has 1 heterocycles. The topological polar surface area (TPSA) is 51.1 Å². The maximum atomic E-state index is 12.4. The van der Waals surface area contributed by atoms with Crippen molar-refractivity contribution in [3.63, 3.8) is 0 Å². The van der Waals surface area contributed by atoms with Crippen molar-refractivity contribution in [2.45, 2.75) is 26.2 Å². The number of carbonyl (C=O) groups excluding carboxylic acids is 1. The molecule has 0 aromatic carbocycles. The van der Waals surface area contributed by atoms with Crippen LogP contribution in [0.25, 0.3) is 0 Å². The lowest BCUT2D eigenvalue weighted by molar-refractivity contribution is 0.269. The van der Waals surface area contributed by atoms with Crippen molar-refractivity contribution in [3.8, 4) is 0 Å². The van der Waals surface area contributed by atoms with Gasteiger partial charge < -0.3 is 9.88 Å². The van der Waals surface area contributed by atoms with E-state index >= 15 is 0 Å². The van der Waals surface area contributed by atoms with Crippen LogP contribution in [-0.4, -0.2) is 18.2 Å². The van der Waals surface area contributed by atoms with E-state index in [9.17, 15) is 9.59 Å². The lowest BCUT2D eigenvalue weighted by Crippen LogP contribution is -2.30. The first-order valence-corrected chi connectivity index (χ1v) is 5.61. The van der Waals surface area contributed by atoms with E-state index in [2.05, 4.69) is 11.9 Å². The SMILES string of the molecule is [B]C(=O)Nc1cn(C)c(C)c(C(C)(C)C=C)c1=O. The molecule has 1 aromatic rings. The fraction of sp³-hybridized carbons (Fsp3) is 0.385. The van der Waals surface area contributed by atoms with Crippen LogP contribution >= 0.6 is 0 Å². The Morgan fingerprint density at radius 1 is 1.56 bits per heavy atom. The number of allylic oxidation sites excluding steroid dienone is 1. The Labute approximate surface area is 108 Å². The number of hydrogen-bond donors (Lipinski definition) is 1. The van der Waals surface area contributed by atoms with Crippen LogP contribution in [0.4, 0.5) is 10.5 Å². The van der Waals surface area contributed by atoms with Crippen LogP contribution < -0.4 is 10.7 Å². The van der Waals surface area contributed by atoms with Gasteiger partial charge in [-0.2, -0.15) is 0 Å². The molecule has 2 radical (unpaired) electrons. The second kappa shape index (κ2) is 4.84. The fourth-order valence-electron chi connectivity index (χ4n) is 1.91. The maximum absolute atomic E-state index is 12.4. The predicted molar refractivity (Wildman–Crippen MR) is 74.4 cm³/mol. The van der Waals surface area contributed by atoms with E-state index < -0.39 is 11.2 Å². The van der Waals surface area contributed by atoms with E-state index in [0.717, 1.165) is 5.69 Å². The third kappa shape index (κ3) is 2.55. The minimum atomic E-state index is -0.752. The fourth-order valence-corrected chi connectivity index (χ4v) is 1.91. The summed E-state index contributed by atoms with van der Waals surface area (Å²) in [4.78, 5) is 23.2. The second-order valence-electron chi connectivity index (χ2n) is 4.86. The zero-order chi connectivity index (χ0) is 14.1. The van der Waals surface area contributed by atoms with Crippen molar-refractivity contribution < 1.29 is 4.79 Å². The highest BCUT2D eigenvalue weighted by Gasteiger charge is 2.25. The van der Waals surface area contributed by atoms with Gasteiger partial charge in [-0.05, 0) is 6.92 Å². The molecule has 0 atom stereocenters. The molecular weight excluding hydrogens is 227 g/mol. The molecular formula is C13H17BN2O2. The number of hydrogen-bond acceptors (Lipinski definition) is 2. The lowest BCUT2D eigenvalue weighted by Gasteiger charge is -2.24. The largest absolute Gasteiger partial charge is 0.352 e. The van der Waals surface area contributed by atoms with E-state index in [1.165, 1.54) is 0 Å². The van der Waals surface area contributed by atoms with Gasteiger partial charge in [-0.1, -0.05) is 19.9 Å². The molecule has 0 spiro atoms. The number of pyridine rings is 1. The minimum Gasteiger partial charge on any atom is -0.352 e. The van der Waals surface area contributed by atoms with Crippen LogP contribution in [0.5, 0.6) is 0 Å². The molecule has 94 valence electrons. The molecule has 0 fully saturated rings. The van der Waals surface area contributed by atoms with Gasteiger partial charge in [0.1, 0.15) is 5.69 Å². The van der Waals surface area contributed by atoms with E-state index in [-0.39, 0.29) is 11.1 Å². The molecule has 5 heteroatoms. The summed E-state index contributed by atoms with van der Waals surface area (Å²) in [5.74, 6) is -0.752. The summed E-state index contributed by atoms with van der Waals surface area (Å²) in [5.41, 5.74) is 0.912. The number of carbonyl (C=O) groups is 1. The van der Waals surface area contributed by atoms with Gasteiger partial charge in [0, 0.05) is 29.9 Å². The molecule has 0 aliphatic rings. The van der Waals surface area contributed by atoms with Crippen LogP contribution in [-0.2, 0) is 12.5 Å². The third-order valence-corrected chi connectivity index (χ3v) is 3.10. The lowest BCUT2D eigenvalue weighted by atomic mass is 9.83. The maximum Gasteiger partial charge on any atom is 0.209 e. The number of aromatic nitrogens is 1. The molecule has 1 aromatic heterocycles. The third-order valence-electron chi connectivity index (χ3n) is 3.10. The van der Waals surface area contributed by atoms with Gasteiger partial charge in [0.15, 0.2) is 5.81 Å². The van der Waals surface area contributed by atoms with Crippen molar-refractivity contribution in [2.24, 2.45) is 7.05 Å². The van der Waals surface area contributed by atoms with E-state index in [1.54, 1.807) is 16.8 Å². The first kappa shape index (κ1) is 14.3. The van der Waals surface area contributed by atoms with Crippen molar-refractivity contribution in [3.05, 3.63) is 40.3 Å². The molecule has 1 amide bonds. The first-order chi connectivity index (χ1) is 8.20. The highest BCUT2D eigenvalue weighted by Crippen LogP contribution is 2.25. The summed E-state index contributed by atoms with van der Waals surface area (Å²) in [6.07, 6.45) is 3.27. The smallest absolute Gasteiger partial charge is 0.209 e. The number of rotatable bonds is 3. The number of anilines is 1. The van der Waals surface area contributed by atoms with Gasteiger partial charge in [-0.3, -0.25) is 9.59 Å². The molecule has 1 rings (SSSR count). The molecule has 4 nitrogen and oxygen atoms in total. The van der Waals surface area contributed by atoms with Crippen molar-refractivity contribution in [1.82, 2.24) is 4.57 Å². The average Bonchev–Trinajstić information content (AvgIpc) is 2.25. The standard InChI is InChI=1S/C13H17BN2O2/c1-6-13(3,4)10-8(2)16(5)7-9(11(10)17)15-12(14)18/h6-7H,1H2,2-5H3,(H,15,18). The van der Waals surface area contributed by atoms with Gasteiger partial charge in [0.2, 0.25) is 13.3 Å². The highest BCUT2D eigenvalue weighted by atomic mass is 16.1. The van der Waals surface area contributed by atoms with Gasteiger partial charge in [-0.15, -0.1) is 6.58 Å². The molecule has 0 unspecified atom stereocenters. The van der Waals surface area contributed by atoms with Crippen LogP contribution in [0.15, 0.2) is 23.6 Å². The molecule has 18 heavy (non-hydrogen) atoms. The van der Waals surface area contributed by atoms with Crippen LogP contribution in [0, 0.1) is 6.92 Å². The van der Waals surface area contributed by atoms with Crippen LogP contribution in [0.2, 0.25) is 0 Å². The summed E-state index contributed by atoms with van der Waals surface area (Å²) < 4.78 is 1.78. The monoisotopic (exact) mass is 244 g/mol. The highest BCUT2D eigenvalue weighted by molar-refractivity contribution is 6.60. The Balaban J connectivity index is 3.60. The molecule has 0 bridgehead atoms. The predicted octanol–water partition coefficient (Wildman–Crippen LogP) is 1.86. The summed E-state index contributed by atoms with van der Waals surface area (Å²) >= 11 is 0. The Morgan fingerprint density at radius 3 is 2.56 bits per heavy atom. The van der Waals surface area contributed by atoms with Crippen LogP contribution in [0.3, 0.4) is 0 Å². The molecule has 1 N–H and O–H groups in total. The Hall–Kier alpha value is -1.78. The summed E-state index contributed by atoms with van der Waals surface area (Å²) in [6.45, 7) is 9.41. The Kier molecular flexibility index (Phi) is 3.84. The molecule has 0 aliphatic carbocycles. The van der Waals surface area contributed by atoms with E-state index in [1.807, 2.05) is 27.8 Å². The summed E-state index contributed by atoms with van der Waals surface area (Å²) in [5, 5.41) is 2.35. The number of amides is 1. The zero-order valence-electron chi connectivity index (χ0n) is 11.2. The van der Waals surface area contributed by atoms with Gasteiger partial charge in [0.05, 0.1) is 0 Å². The molecule has 0 saturated heterocycles. The quantitative estimate of drug-likeness (QED) is 0.651. The first-order valence-electron chi connectivity index (χ1n) is 5.61. The average molecular weight is 244 g/mol. The van der Waals surface area contributed by atoms with Crippen molar-refractivity contribution in [1.29, 1.82) is 0 Å². The van der Waals surface area contributed by atoms with Gasteiger partial charge >= 0.3 is 0 Å². The van der Waals surface area contributed by atoms with E-state index in [4.69, 9.17) is 7.85 Å². The van der Waals surface area contributed by atoms with Crippen LogP contribution in [0.1, 0.15) is 25.1 Å². The zero-order valence-corrected chi connectivity index (χ0v) is 11.2. The van der Waals surface area contributed by atoms with Gasteiger partial charge in [-0.25, -0.2) is 0 Å². The number of nitrogens with one attached hydrogen (secondary N) is 1. The van der Waals surface area contributed by atoms with Gasteiger partial charge in [0.25, 0.3) is 0 Å². The Bertz CT molecular complexity index is 559. The number of nitrogens with zero attached hydrogens (tertiary/aromatic N) is 1. The second-order valence-corrected chi connectivity index (χ2v) is 4.86. The normalized spacial score (nSPS) is 11.1. The molecule has 0 aliphatic heterocycles. The number of aryl methyl sites for hydroxylation is 1. The summed E-state index contributed by atoms with van der Waals surface area (Å²) in [7, 11) is 6.86.